The second-order valence-corrected chi connectivity index (χ2v) is 7.11. The molecule has 0 saturated carbocycles. The number of carbonyl (C=O) groups is 1. The van der Waals surface area contributed by atoms with Crippen molar-refractivity contribution < 1.29 is 9.53 Å². The van der Waals surface area contributed by atoms with Gasteiger partial charge in [0.05, 0.1) is 24.4 Å². The first-order chi connectivity index (χ1) is 14.2. The van der Waals surface area contributed by atoms with Crippen LogP contribution in [0.25, 0.3) is 10.8 Å². The molecule has 0 aliphatic heterocycles. The van der Waals surface area contributed by atoms with Gasteiger partial charge in [0.25, 0.3) is 5.91 Å². The summed E-state index contributed by atoms with van der Waals surface area (Å²) in [6.07, 6.45) is 1.74. The number of nitrogens with zero attached hydrogens (tertiary/aromatic N) is 3. The molecule has 2 aromatic heterocycles. The fourth-order valence-corrected chi connectivity index (χ4v) is 3.57. The number of carbonyl (C=O) groups excluding carboxylic acids is 1. The summed E-state index contributed by atoms with van der Waals surface area (Å²) in [7, 11) is 0. The van der Waals surface area contributed by atoms with Gasteiger partial charge in [-0.05, 0) is 35.9 Å². The maximum Gasteiger partial charge on any atom is 0.261 e. The third-order valence-electron chi connectivity index (χ3n) is 4.21. The van der Waals surface area contributed by atoms with Gasteiger partial charge < -0.3 is 10.1 Å². The summed E-state index contributed by atoms with van der Waals surface area (Å²) in [4.78, 5) is 17.3. The average molecular weight is 405 g/mol. The number of rotatable bonds is 7. The van der Waals surface area contributed by atoms with Crippen molar-refractivity contribution in [1.29, 1.82) is 0 Å². The highest BCUT2D eigenvalue weighted by Crippen LogP contribution is 2.30. The molecule has 0 bridgehead atoms. The van der Waals surface area contributed by atoms with Crippen molar-refractivity contribution in [2.45, 2.75) is 13.5 Å². The highest BCUT2D eigenvalue weighted by atomic mass is 32.1. The summed E-state index contributed by atoms with van der Waals surface area (Å²) < 4.78 is 5.68. The second kappa shape index (κ2) is 8.66. The molecular formula is C21H19N5O2S. The molecule has 2 N–H and O–H groups in total. The van der Waals surface area contributed by atoms with Gasteiger partial charge in [-0.15, -0.1) is 10.2 Å². The maximum absolute atomic E-state index is 13.0. The van der Waals surface area contributed by atoms with E-state index in [1.165, 1.54) is 11.3 Å². The molecular weight excluding hydrogens is 386 g/mol. The predicted molar refractivity (Wildman–Crippen MR) is 115 cm³/mol. The van der Waals surface area contributed by atoms with Gasteiger partial charge in [-0.3, -0.25) is 15.1 Å². The Morgan fingerprint density at radius 2 is 1.86 bits per heavy atom. The summed E-state index contributed by atoms with van der Waals surface area (Å²) in [5.41, 5.74) is 1.38. The molecule has 1 amide bonds. The van der Waals surface area contributed by atoms with E-state index in [2.05, 4.69) is 25.8 Å². The van der Waals surface area contributed by atoms with Gasteiger partial charge in [0.2, 0.25) is 10.3 Å². The first kappa shape index (κ1) is 18.8. The molecule has 7 nitrogen and oxygen atoms in total. The van der Waals surface area contributed by atoms with Crippen molar-refractivity contribution in [3.63, 3.8) is 0 Å². The quantitative estimate of drug-likeness (QED) is 0.475. The summed E-state index contributed by atoms with van der Waals surface area (Å²) in [5, 5.41) is 17.0. The number of anilines is 2. The number of hydrogen-bond acceptors (Lipinski definition) is 7. The molecule has 146 valence electrons. The van der Waals surface area contributed by atoms with Gasteiger partial charge in [0.15, 0.2) is 0 Å². The van der Waals surface area contributed by atoms with Gasteiger partial charge in [0.1, 0.15) is 5.75 Å². The number of hydrogen-bond donors (Lipinski definition) is 2. The normalized spacial score (nSPS) is 10.7. The molecule has 2 heterocycles. The zero-order valence-electron chi connectivity index (χ0n) is 15.8. The Bertz CT molecular complexity index is 1130. The smallest absolute Gasteiger partial charge is 0.261 e. The topological polar surface area (TPSA) is 89.0 Å². The van der Waals surface area contributed by atoms with Gasteiger partial charge in [-0.2, -0.15) is 0 Å². The van der Waals surface area contributed by atoms with Gasteiger partial charge in [-0.25, -0.2) is 0 Å². The summed E-state index contributed by atoms with van der Waals surface area (Å²) >= 11 is 1.27. The lowest BCUT2D eigenvalue weighted by molar-refractivity contribution is 0.102. The lowest BCUT2D eigenvalue weighted by Gasteiger charge is -2.12. The summed E-state index contributed by atoms with van der Waals surface area (Å²) in [5.74, 6) is 0.263. The molecule has 0 unspecified atom stereocenters. The average Bonchev–Trinajstić information content (AvgIpc) is 3.20. The van der Waals surface area contributed by atoms with E-state index in [0.717, 1.165) is 16.5 Å². The van der Waals surface area contributed by atoms with Crippen molar-refractivity contribution in [3.8, 4) is 5.75 Å². The zero-order valence-corrected chi connectivity index (χ0v) is 16.6. The number of fused-ring (bicyclic) bond motifs is 1. The van der Waals surface area contributed by atoms with E-state index in [0.29, 0.717) is 34.7 Å². The Labute approximate surface area is 171 Å². The Morgan fingerprint density at radius 1 is 1.03 bits per heavy atom. The van der Waals surface area contributed by atoms with Crippen LogP contribution in [0.4, 0.5) is 10.3 Å². The summed E-state index contributed by atoms with van der Waals surface area (Å²) in [6, 6.07) is 17.2. The van der Waals surface area contributed by atoms with Crippen molar-refractivity contribution in [1.82, 2.24) is 15.2 Å². The summed E-state index contributed by atoms with van der Waals surface area (Å²) in [6.45, 7) is 2.89. The fourth-order valence-electron chi connectivity index (χ4n) is 2.94. The number of nitrogens with one attached hydrogen (secondary N) is 2. The SMILES string of the molecule is CCOc1ccc2ccccc2c1C(=O)Nc1nnc(NCc2ccccn2)s1. The van der Waals surface area contributed by atoms with E-state index in [4.69, 9.17) is 4.74 Å². The maximum atomic E-state index is 13.0. The number of ether oxygens (including phenoxy) is 1. The molecule has 8 heteroatoms. The van der Waals surface area contributed by atoms with E-state index in [1.807, 2.05) is 61.5 Å². The van der Waals surface area contributed by atoms with Crippen LogP contribution in [0.1, 0.15) is 23.0 Å². The van der Waals surface area contributed by atoms with Crippen LogP contribution in [0.3, 0.4) is 0 Å². The van der Waals surface area contributed by atoms with Crippen molar-refractivity contribution in [2.24, 2.45) is 0 Å². The molecule has 29 heavy (non-hydrogen) atoms. The van der Waals surface area contributed by atoms with E-state index in [-0.39, 0.29) is 5.91 Å². The van der Waals surface area contributed by atoms with Crippen LogP contribution < -0.4 is 15.4 Å². The molecule has 0 atom stereocenters. The van der Waals surface area contributed by atoms with Crippen molar-refractivity contribution >= 4 is 38.3 Å². The third-order valence-corrected chi connectivity index (χ3v) is 5.01. The minimum absolute atomic E-state index is 0.280. The minimum atomic E-state index is -0.280. The Morgan fingerprint density at radius 3 is 2.69 bits per heavy atom. The third kappa shape index (κ3) is 4.33. The predicted octanol–water partition coefficient (Wildman–Crippen LogP) is 4.35. The van der Waals surface area contributed by atoms with E-state index in [9.17, 15) is 4.79 Å². The molecule has 0 aliphatic rings. The monoisotopic (exact) mass is 405 g/mol. The van der Waals surface area contributed by atoms with Crippen LogP contribution in [0.2, 0.25) is 0 Å². The molecule has 0 aliphatic carbocycles. The fraction of sp³-hybridized carbons (Fsp3) is 0.143. The molecule has 4 rings (SSSR count). The van der Waals surface area contributed by atoms with Crippen LogP contribution >= 0.6 is 11.3 Å². The highest BCUT2D eigenvalue weighted by molar-refractivity contribution is 7.19. The van der Waals surface area contributed by atoms with Gasteiger partial charge in [-0.1, -0.05) is 47.7 Å². The largest absolute Gasteiger partial charge is 0.493 e. The van der Waals surface area contributed by atoms with Crippen molar-refractivity contribution in [3.05, 3.63) is 72.1 Å². The van der Waals surface area contributed by atoms with Crippen LogP contribution in [-0.2, 0) is 6.54 Å². The number of amides is 1. The van der Waals surface area contributed by atoms with Crippen molar-refractivity contribution in [2.75, 3.05) is 17.2 Å². The van der Waals surface area contributed by atoms with E-state index in [1.54, 1.807) is 6.20 Å². The van der Waals surface area contributed by atoms with Crippen LogP contribution in [-0.4, -0.2) is 27.7 Å². The number of benzene rings is 2. The van der Waals surface area contributed by atoms with Crippen LogP contribution in [0.15, 0.2) is 60.8 Å². The Kier molecular flexibility index (Phi) is 5.62. The number of pyridine rings is 1. The Balaban J connectivity index is 1.52. The number of aromatic nitrogens is 3. The highest BCUT2D eigenvalue weighted by Gasteiger charge is 2.18. The van der Waals surface area contributed by atoms with Crippen LogP contribution in [0, 0.1) is 0 Å². The lowest BCUT2D eigenvalue weighted by Crippen LogP contribution is -2.14. The van der Waals surface area contributed by atoms with Crippen LogP contribution in [0.5, 0.6) is 5.75 Å². The lowest BCUT2D eigenvalue weighted by atomic mass is 10.0. The van der Waals surface area contributed by atoms with Gasteiger partial charge >= 0.3 is 0 Å². The first-order valence-electron chi connectivity index (χ1n) is 9.18. The molecule has 2 aromatic carbocycles. The zero-order chi connectivity index (χ0) is 20.1. The standard InChI is InChI=1S/C21H19N5O2S/c1-2-28-17-11-10-14-7-3-4-9-16(14)18(17)19(27)24-21-26-25-20(29-21)23-13-15-8-5-6-12-22-15/h3-12H,2,13H2,1H3,(H,23,25)(H,24,26,27). The first-order valence-corrected chi connectivity index (χ1v) is 9.99. The molecule has 4 aromatic rings. The molecule has 0 radical (unpaired) electrons. The second-order valence-electron chi connectivity index (χ2n) is 6.13. The molecule has 0 fully saturated rings. The minimum Gasteiger partial charge on any atom is -0.493 e. The van der Waals surface area contributed by atoms with E-state index >= 15 is 0 Å². The molecule has 0 spiro atoms. The van der Waals surface area contributed by atoms with Gasteiger partial charge in [0, 0.05) is 6.20 Å². The Hall–Kier alpha value is -3.52. The molecule has 0 saturated heterocycles. The van der Waals surface area contributed by atoms with E-state index < -0.39 is 0 Å².